The number of carboxylic acid groups (broad SMARTS) is 1. The summed E-state index contributed by atoms with van der Waals surface area (Å²) < 4.78 is 43.7. The standard InChI is InChI=1S/C16H19N2O4.C2HF3O2/c1-5-21-15(19)11-9-12-13(18(4)10-11)7-6-8-14(12)22-16(20)17(2)3;3-2(4,5)1(6)7/h6-10H,5H2,1-4H3;(H,6,7)/q+1;/p-1. The third kappa shape index (κ3) is 6.63. The van der Waals surface area contributed by atoms with Crippen LogP contribution in [0, 0.1) is 0 Å². The monoisotopic (exact) mass is 416 g/mol. The summed E-state index contributed by atoms with van der Waals surface area (Å²) >= 11 is 0. The molecule has 0 fully saturated rings. The molecule has 1 heterocycles. The van der Waals surface area contributed by atoms with Gasteiger partial charge in [0.2, 0.25) is 5.52 Å². The van der Waals surface area contributed by atoms with Crippen LogP contribution < -0.4 is 14.4 Å². The highest BCUT2D eigenvalue weighted by molar-refractivity contribution is 5.94. The van der Waals surface area contributed by atoms with Crippen molar-refractivity contribution in [1.82, 2.24) is 4.90 Å². The minimum atomic E-state index is -5.19. The molecule has 158 valence electrons. The first-order valence-corrected chi connectivity index (χ1v) is 8.15. The molecule has 0 unspecified atom stereocenters. The summed E-state index contributed by atoms with van der Waals surface area (Å²) in [5.41, 5.74) is 1.25. The second-order valence-corrected chi connectivity index (χ2v) is 5.80. The maximum Gasteiger partial charge on any atom is 0.430 e. The first-order chi connectivity index (χ1) is 13.4. The Labute approximate surface area is 164 Å². The number of carbonyl (C=O) groups is 3. The van der Waals surface area contributed by atoms with Gasteiger partial charge < -0.3 is 24.3 Å². The number of halogens is 3. The van der Waals surface area contributed by atoms with Crippen molar-refractivity contribution in [3.05, 3.63) is 36.0 Å². The lowest BCUT2D eigenvalue weighted by Gasteiger charge is -2.12. The maximum atomic E-state index is 11.9. The van der Waals surface area contributed by atoms with Crippen molar-refractivity contribution in [3.63, 3.8) is 0 Å². The van der Waals surface area contributed by atoms with Gasteiger partial charge in [0.25, 0.3) is 0 Å². The van der Waals surface area contributed by atoms with Crippen molar-refractivity contribution >= 4 is 28.9 Å². The van der Waals surface area contributed by atoms with Gasteiger partial charge in [-0.25, -0.2) is 14.2 Å². The molecular formula is C18H19F3N2O6. The van der Waals surface area contributed by atoms with Gasteiger partial charge in [-0.3, -0.25) is 0 Å². The molecule has 2 aromatic rings. The average Bonchev–Trinajstić information content (AvgIpc) is 2.62. The number of hydrogen-bond donors (Lipinski definition) is 0. The van der Waals surface area contributed by atoms with Crippen molar-refractivity contribution in [2.45, 2.75) is 13.1 Å². The molecule has 11 heteroatoms. The molecule has 0 spiro atoms. The Bertz CT molecular complexity index is 912. The number of esters is 1. The predicted molar refractivity (Wildman–Crippen MR) is 91.9 cm³/mol. The highest BCUT2D eigenvalue weighted by Crippen LogP contribution is 2.25. The minimum Gasteiger partial charge on any atom is -0.542 e. The van der Waals surface area contributed by atoms with Crippen LogP contribution >= 0.6 is 0 Å². The number of alkyl halides is 3. The van der Waals surface area contributed by atoms with Gasteiger partial charge in [0.05, 0.1) is 12.0 Å². The Balaban J connectivity index is 0.000000516. The third-order valence-corrected chi connectivity index (χ3v) is 3.36. The number of nitrogens with zero attached hydrogens (tertiary/aromatic N) is 2. The molecule has 2 rings (SSSR count). The molecule has 1 amide bonds. The van der Waals surface area contributed by atoms with Crippen LogP contribution in [0.25, 0.3) is 10.9 Å². The van der Waals surface area contributed by atoms with Gasteiger partial charge in [-0.05, 0) is 19.1 Å². The molecule has 0 aliphatic heterocycles. The molecule has 1 aromatic carbocycles. The summed E-state index contributed by atoms with van der Waals surface area (Å²) in [5, 5.41) is 9.46. The Morgan fingerprint density at radius 3 is 2.28 bits per heavy atom. The zero-order chi connectivity index (χ0) is 22.4. The summed E-state index contributed by atoms with van der Waals surface area (Å²) in [6, 6.07) is 7.05. The summed E-state index contributed by atoms with van der Waals surface area (Å²) in [4.78, 5) is 33.8. The normalized spacial score (nSPS) is 10.6. The van der Waals surface area contributed by atoms with Crippen molar-refractivity contribution in [2.24, 2.45) is 7.05 Å². The molecule has 0 N–H and O–H groups in total. The first kappa shape index (κ1) is 23.7. The smallest absolute Gasteiger partial charge is 0.430 e. The zero-order valence-corrected chi connectivity index (χ0v) is 16.1. The summed E-state index contributed by atoms with van der Waals surface area (Å²) in [7, 11) is 5.04. The lowest BCUT2D eigenvalue weighted by atomic mass is 10.1. The van der Waals surface area contributed by atoms with E-state index in [9.17, 15) is 22.8 Å². The molecule has 29 heavy (non-hydrogen) atoms. The van der Waals surface area contributed by atoms with E-state index >= 15 is 0 Å². The van der Waals surface area contributed by atoms with Crippen LogP contribution in [0.2, 0.25) is 0 Å². The van der Waals surface area contributed by atoms with Crippen LogP contribution in [0.5, 0.6) is 5.75 Å². The topological polar surface area (TPSA) is 99.9 Å². The lowest BCUT2D eigenvalue weighted by Crippen LogP contribution is -2.37. The Hall–Kier alpha value is -3.37. The fourth-order valence-corrected chi connectivity index (χ4v) is 2.06. The molecule has 1 aromatic heterocycles. The quantitative estimate of drug-likeness (QED) is 0.551. The van der Waals surface area contributed by atoms with Crippen LogP contribution in [0.4, 0.5) is 18.0 Å². The van der Waals surface area contributed by atoms with Crippen LogP contribution in [0.15, 0.2) is 30.5 Å². The second kappa shape index (κ2) is 9.71. The number of benzene rings is 1. The highest BCUT2D eigenvalue weighted by atomic mass is 19.4. The number of fused-ring (bicyclic) bond motifs is 1. The number of hydrogen-bond acceptors (Lipinski definition) is 6. The number of pyridine rings is 1. The van der Waals surface area contributed by atoms with E-state index in [4.69, 9.17) is 19.4 Å². The van der Waals surface area contributed by atoms with Gasteiger partial charge in [-0.1, -0.05) is 6.07 Å². The van der Waals surface area contributed by atoms with E-state index in [0.29, 0.717) is 23.3 Å². The summed E-state index contributed by atoms with van der Waals surface area (Å²) in [5.74, 6) is -3.01. The second-order valence-electron chi connectivity index (χ2n) is 5.80. The van der Waals surface area contributed by atoms with Gasteiger partial charge in [-0.15, -0.1) is 0 Å². The number of carboxylic acids is 1. The van der Waals surface area contributed by atoms with Crippen LogP contribution in [-0.2, 0) is 16.6 Å². The van der Waals surface area contributed by atoms with Crippen molar-refractivity contribution in [2.75, 3.05) is 20.7 Å². The molecule has 0 radical (unpaired) electrons. The molecule has 0 aliphatic rings. The number of carbonyl (C=O) groups excluding carboxylic acids is 3. The Morgan fingerprint density at radius 1 is 1.21 bits per heavy atom. The fraction of sp³-hybridized carbons (Fsp3) is 0.333. The number of aryl methyl sites for hydroxylation is 1. The van der Waals surface area contributed by atoms with Crippen LogP contribution in [-0.4, -0.2) is 49.8 Å². The van der Waals surface area contributed by atoms with Crippen LogP contribution in [0.1, 0.15) is 17.3 Å². The predicted octanol–water partition coefficient (Wildman–Crippen LogP) is 1.20. The van der Waals surface area contributed by atoms with Gasteiger partial charge >= 0.3 is 18.2 Å². The van der Waals surface area contributed by atoms with E-state index in [2.05, 4.69) is 0 Å². The van der Waals surface area contributed by atoms with Crippen molar-refractivity contribution < 1.29 is 46.7 Å². The zero-order valence-electron chi connectivity index (χ0n) is 16.1. The van der Waals surface area contributed by atoms with E-state index < -0.39 is 24.2 Å². The third-order valence-electron chi connectivity index (χ3n) is 3.36. The average molecular weight is 416 g/mol. The van der Waals surface area contributed by atoms with Gasteiger partial charge in [0, 0.05) is 20.2 Å². The Kier molecular flexibility index (Phi) is 7.93. The molecule has 0 bridgehead atoms. The number of ether oxygens (including phenoxy) is 2. The number of aliphatic carboxylic acids is 1. The number of aromatic nitrogens is 1. The van der Waals surface area contributed by atoms with Gasteiger partial charge in [0.1, 0.15) is 24.3 Å². The minimum absolute atomic E-state index is 0.303. The maximum absolute atomic E-state index is 11.9. The van der Waals surface area contributed by atoms with Gasteiger partial charge in [-0.2, -0.15) is 13.2 Å². The molecule has 0 aliphatic carbocycles. The molecule has 0 saturated heterocycles. The summed E-state index contributed by atoms with van der Waals surface area (Å²) in [6.07, 6.45) is -3.98. The largest absolute Gasteiger partial charge is 0.542 e. The molecule has 0 atom stereocenters. The van der Waals surface area contributed by atoms with Crippen molar-refractivity contribution in [1.29, 1.82) is 0 Å². The molecule has 0 saturated carbocycles. The van der Waals surface area contributed by atoms with E-state index in [1.165, 1.54) is 4.90 Å². The highest BCUT2D eigenvalue weighted by Gasteiger charge is 2.28. The van der Waals surface area contributed by atoms with Crippen LogP contribution in [0.3, 0.4) is 0 Å². The van der Waals surface area contributed by atoms with Crippen molar-refractivity contribution in [3.8, 4) is 5.75 Å². The number of rotatable bonds is 3. The summed E-state index contributed by atoms with van der Waals surface area (Å²) in [6.45, 7) is 2.06. The van der Waals surface area contributed by atoms with Gasteiger partial charge in [0.15, 0.2) is 6.20 Å². The molecule has 8 nitrogen and oxygen atoms in total. The first-order valence-electron chi connectivity index (χ1n) is 8.15. The lowest BCUT2D eigenvalue weighted by molar-refractivity contribution is -0.645. The number of amides is 1. The van der Waals surface area contributed by atoms with E-state index in [1.54, 1.807) is 50.0 Å². The van der Waals surface area contributed by atoms with E-state index in [-0.39, 0.29) is 0 Å². The van der Waals surface area contributed by atoms with E-state index in [0.717, 1.165) is 5.52 Å². The molecular weight excluding hydrogens is 397 g/mol. The SMILES string of the molecule is CCOC(=O)c1cc2c(OC(=O)N(C)C)cccc2[n+](C)c1.O=C([O-])C(F)(F)F. The van der Waals surface area contributed by atoms with E-state index in [1.807, 2.05) is 13.1 Å². The Morgan fingerprint density at radius 2 is 1.79 bits per heavy atom. The fourth-order valence-electron chi connectivity index (χ4n) is 2.06.